The highest BCUT2D eigenvalue weighted by Gasteiger charge is 2.51. The zero-order valence-corrected chi connectivity index (χ0v) is 17.8. The number of alkyl halides is 1. The highest BCUT2D eigenvalue weighted by molar-refractivity contribution is 7.74. The molecule has 0 aromatic carbocycles. The molecule has 2 unspecified atom stereocenters. The largest absolute Gasteiger partial charge is 0.479 e. The summed E-state index contributed by atoms with van der Waals surface area (Å²) in [5.41, 5.74) is 2.49. The number of aliphatic hydroxyl groups excluding tert-OH is 1. The molecule has 1 aliphatic rings. The van der Waals surface area contributed by atoms with Gasteiger partial charge in [0.15, 0.2) is 11.5 Å². The molecule has 1 fully saturated rings. The summed E-state index contributed by atoms with van der Waals surface area (Å²) in [5.74, 6) is 0.107. The number of ether oxygens (including phenoxy) is 1. The van der Waals surface area contributed by atoms with Crippen LogP contribution < -0.4 is 5.73 Å². The van der Waals surface area contributed by atoms with Crippen LogP contribution >= 0.6 is 23.0 Å². The minimum atomic E-state index is -5.90. The van der Waals surface area contributed by atoms with E-state index in [9.17, 15) is 33.0 Å². The van der Waals surface area contributed by atoms with Crippen molar-refractivity contribution in [3.05, 3.63) is 12.7 Å². The first-order valence-electron chi connectivity index (χ1n) is 8.18. The minimum Gasteiger partial charge on any atom is -0.390 e. The van der Waals surface area contributed by atoms with Gasteiger partial charge in [0.25, 0.3) is 5.65 Å². The van der Waals surface area contributed by atoms with E-state index >= 15 is 0 Å². The molecule has 7 N–H and O–H groups in total. The van der Waals surface area contributed by atoms with Crippen molar-refractivity contribution in [3.8, 4) is 0 Å². The maximum atomic E-state index is 13.4. The van der Waals surface area contributed by atoms with Gasteiger partial charge in [-0.3, -0.25) is 18.2 Å². The van der Waals surface area contributed by atoms with E-state index in [1.807, 2.05) is 0 Å². The molecule has 0 amide bonds. The summed E-state index contributed by atoms with van der Waals surface area (Å²) in [6.07, 6.45) is -0.871. The average Bonchev–Trinajstić information content (AvgIpc) is 3.22. The van der Waals surface area contributed by atoms with Gasteiger partial charge in [-0.25, -0.2) is 28.2 Å². The van der Waals surface area contributed by atoms with E-state index in [2.05, 4.69) is 23.8 Å². The number of halogens is 1. The summed E-state index contributed by atoms with van der Waals surface area (Å²) in [5, 5.41) is 10.1. The zero-order chi connectivity index (χ0) is 23.2. The van der Waals surface area contributed by atoms with Gasteiger partial charge in [0.05, 0.1) is 19.0 Å². The summed E-state index contributed by atoms with van der Waals surface area (Å²) < 4.78 is 62.6. The average molecular weight is 507 g/mol. The van der Waals surface area contributed by atoms with Crippen LogP contribution in [0.1, 0.15) is 12.6 Å². The number of nitrogen functional groups attached to an aromatic ring is 1. The van der Waals surface area contributed by atoms with Crippen molar-refractivity contribution in [1.29, 1.82) is 0 Å². The van der Waals surface area contributed by atoms with Crippen LogP contribution in [0, 0.1) is 0 Å². The molecular formula is C11H17FN5O11P3. The van der Waals surface area contributed by atoms with Gasteiger partial charge in [-0.2, -0.15) is 0 Å². The Morgan fingerprint density at radius 1 is 1.26 bits per heavy atom. The van der Waals surface area contributed by atoms with Crippen molar-refractivity contribution >= 4 is 40.0 Å². The normalized spacial score (nSPS) is 27.1. The molecule has 0 radical (unpaired) electrons. The van der Waals surface area contributed by atoms with Gasteiger partial charge in [-0.15, -0.1) is 0 Å². The van der Waals surface area contributed by atoms with Crippen molar-refractivity contribution in [2.24, 2.45) is 0 Å². The van der Waals surface area contributed by atoms with Crippen LogP contribution in [0.3, 0.4) is 0 Å². The van der Waals surface area contributed by atoms with Gasteiger partial charge < -0.3 is 35.2 Å². The number of nitrogens with zero attached hydrogens (tertiary/aromatic N) is 4. The zero-order valence-electron chi connectivity index (χ0n) is 15.1. The molecule has 6 atom stereocenters. The molecule has 174 valence electrons. The van der Waals surface area contributed by atoms with E-state index in [1.165, 1.54) is 17.2 Å². The maximum Gasteiger partial charge on any atom is 0.479 e. The number of hydrogen-bond acceptors (Lipinski definition) is 11. The Hall–Kier alpha value is -1.35. The molecule has 3 heterocycles. The molecule has 1 saturated heterocycles. The number of phosphoric ester groups is 1. The molecule has 2 aromatic rings. The second-order valence-electron chi connectivity index (χ2n) is 6.33. The molecule has 31 heavy (non-hydrogen) atoms. The van der Waals surface area contributed by atoms with E-state index in [-0.39, 0.29) is 23.4 Å². The molecule has 3 rings (SSSR count). The molecule has 16 nitrogen and oxygen atoms in total. The summed E-state index contributed by atoms with van der Waals surface area (Å²) >= 11 is 0. The van der Waals surface area contributed by atoms with Crippen LogP contribution in [-0.4, -0.2) is 68.7 Å². The highest BCUT2D eigenvalue weighted by atomic mass is 31.3. The third-order valence-electron chi connectivity index (χ3n) is 4.07. The first-order chi connectivity index (χ1) is 14.2. The number of anilines is 1. The van der Waals surface area contributed by atoms with Crippen LogP contribution in [-0.2, 0) is 27.3 Å². The summed E-state index contributed by atoms with van der Waals surface area (Å²) in [7, 11) is -17.1. The SMILES string of the molecule is Nc1ncnc2c1ncn2[C@@H]1C[C@H](O)[C@@H](COP(=O)(O)OP(=O)(O)[C@H](F)P(=O)(O)O)O1. The quantitative estimate of drug-likeness (QED) is 0.253. The fourth-order valence-corrected chi connectivity index (χ4v) is 6.60. The Labute approximate surface area is 172 Å². The first kappa shape index (κ1) is 24.3. The van der Waals surface area contributed by atoms with Crippen molar-refractivity contribution in [3.63, 3.8) is 0 Å². The number of aromatic nitrogens is 4. The van der Waals surface area contributed by atoms with Crippen LogP contribution in [0.4, 0.5) is 10.2 Å². The molecule has 0 spiro atoms. The number of phosphoric acid groups is 1. The minimum absolute atomic E-state index is 0.0385. The first-order valence-corrected chi connectivity index (χ1v) is 13.0. The lowest BCUT2D eigenvalue weighted by Crippen LogP contribution is -2.26. The van der Waals surface area contributed by atoms with Gasteiger partial charge in [0.1, 0.15) is 24.2 Å². The second kappa shape index (κ2) is 8.54. The number of fused-ring (bicyclic) bond motifs is 1. The standard InChI is InChI=1S/C11H17FN5O11P3/c12-11(29(19,20)21)30(22,23)28-31(24,25)26-2-6-5(18)1-7(27-6)17-4-16-8-9(13)14-3-15-10(8)17/h3-7,11,18H,1-2H2,(H,22,23)(H,24,25)(H2,13,14,15)(H2,19,20,21)/t5-,6+,7-,11+/m0/s1. The van der Waals surface area contributed by atoms with Crippen molar-refractivity contribution in [2.45, 2.75) is 30.5 Å². The molecule has 20 heteroatoms. The lowest BCUT2D eigenvalue weighted by atomic mass is 10.2. The van der Waals surface area contributed by atoms with Gasteiger partial charge in [-0.05, 0) is 0 Å². The Morgan fingerprint density at radius 2 is 1.94 bits per heavy atom. The predicted molar refractivity (Wildman–Crippen MR) is 97.9 cm³/mol. The van der Waals surface area contributed by atoms with Crippen molar-refractivity contribution < 1.29 is 56.3 Å². The summed E-state index contributed by atoms with van der Waals surface area (Å²) in [6.45, 7) is -0.859. The molecule has 0 aliphatic carbocycles. The number of nitrogens with two attached hydrogens (primary N) is 1. The van der Waals surface area contributed by atoms with Crippen molar-refractivity contribution in [1.82, 2.24) is 19.5 Å². The summed E-state index contributed by atoms with van der Waals surface area (Å²) in [4.78, 5) is 47.8. The molecular weight excluding hydrogens is 490 g/mol. The third kappa shape index (κ3) is 5.35. The van der Waals surface area contributed by atoms with Gasteiger partial charge in [0, 0.05) is 6.42 Å². The van der Waals surface area contributed by atoms with Gasteiger partial charge in [-0.1, -0.05) is 0 Å². The van der Waals surface area contributed by atoms with Crippen LogP contribution in [0.25, 0.3) is 11.2 Å². The Bertz CT molecular complexity index is 1110. The van der Waals surface area contributed by atoms with Crippen molar-refractivity contribution in [2.75, 3.05) is 12.3 Å². The Morgan fingerprint density at radius 3 is 2.58 bits per heavy atom. The summed E-state index contributed by atoms with van der Waals surface area (Å²) in [6, 6.07) is 0. The monoisotopic (exact) mass is 507 g/mol. The van der Waals surface area contributed by atoms with Crippen LogP contribution in [0.15, 0.2) is 12.7 Å². The third-order valence-corrected chi connectivity index (χ3v) is 9.18. The molecule has 0 bridgehead atoms. The Balaban J connectivity index is 1.65. The van der Waals surface area contributed by atoms with E-state index in [1.54, 1.807) is 0 Å². The van der Waals surface area contributed by atoms with E-state index in [4.69, 9.17) is 20.3 Å². The van der Waals surface area contributed by atoms with E-state index in [0.717, 1.165) is 0 Å². The topological polar surface area (TPSA) is 250 Å². The van der Waals surface area contributed by atoms with Gasteiger partial charge in [0.2, 0.25) is 0 Å². The van der Waals surface area contributed by atoms with Gasteiger partial charge >= 0.3 is 23.0 Å². The molecule has 1 aliphatic heterocycles. The maximum absolute atomic E-state index is 13.4. The smallest absolute Gasteiger partial charge is 0.390 e. The van der Waals surface area contributed by atoms with E-state index < -0.39 is 53.7 Å². The fraction of sp³-hybridized carbons (Fsp3) is 0.545. The lowest BCUT2D eigenvalue weighted by Gasteiger charge is -2.21. The predicted octanol–water partition coefficient (Wildman–Crippen LogP) is -0.193. The van der Waals surface area contributed by atoms with Crippen LogP contribution in [0.2, 0.25) is 0 Å². The molecule has 2 aromatic heterocycles. The number of aliphatic hydroxyl groups is 1. The molecule has 0 saturated carbocycles. The van der Waals surface area contributed by atoms with Crippen LogP contribution in [0.5, 0.6) is 0 Å². The van der Waals surface area contributed by atoms with E-state index in [0.29, 0.717) is 0 Å². The number of hydrogen-bond donors (Lipinski definition) is 6. The lowest BCUT2D eigenvalue weighted by molar-refractivity contribution is -0.0421. The number of rotatable bonds is 8. The highest BCUT2D eigenvalue weighted by Crippen LogP contribution is 2.70. The second-order valence-corrected chi connectivity index (χ2v) is 11.8. The Kier molecular flexibility index (Phi) is 6.69. The fourth-order valence-electron chi connectivity index (χ4n) is 2.68. The number of imidazole rings is 1.